The highest BCUT2D eigenvalue weighted by molar-refractivity contribution is 7.87. The molecule has 3 atom stereocenters. The molecule has 0 heterocycles. The second-order valence-electron chi connectivity index (χ2n) is 9.74. The molecule has 2 aromatic rings. The van der Waals surface area contributed by atoms with Crippen molar-refractivity contribution in [1.29, 1.82) is 0 Å². The molecule has 4 N–H and O–H groups in total. The van der Waals surface area contributed by atoms with Gasteiger partial charge in [0.25, 0.3) is 10.2 Å². The van der Waals surface area contributed by atoms with Crippen molar-refractivity contribution in [3.05, 3.63) is 77.9 Å². The van der Waals surface area contributed by atoms with Gasteiger partial charge in [-0.05, 0) is 60.8 Å². The molecule has 1 saturated carbocycles. The molecule has 0 aliphatic heterocycles. The molecule has 3 unspecified atom stereocenters. The zero-order valence-electron chi connectivity index (χ0n) is 20.0. The highest BCUT2D eigenvalue weighted by Gasteiger charge is 2.57. The summed E-state index contributed by atoms with van der Waals surface area (Å²) in [6.07, 6.45) is 7.89. The summed E-state index contributed by atoms with van der Waals surface area (Å²) in [7, 11) is -3.84. The summed E-state index contributed by atoms with van der Waals surface area (Å²) in [6.45, 7) is 6.76. The summed E-state index contributed by atoms with van der Waals surface area (Å²) >= 11 is 0. The standard InChI is InChI=1S/C28H36N2O3S/c1-3-4-5-7-14-22-19-24-25(30-34(29,32)33)17-18-28(24,27(22)21-12-8-6-9-13-21)20(2)23-15-10-11-16-26(23)31/h6,8-13,15-16,24-25,30-31H,2-5,7,14,17-19H2,1H3,(H2,29,32,33). The first-order valence-electron chi connectivity index (χ1n) is 12.3. The molecule has 0 spiro atoms. The van der Waals surface area contributed by atoms with E-state index in [1.807, 2.05) is 24.3 Å². The molecular weight excluding hydrogens is 444 g/mol. The Morgan fingerprint density at radius 2 is 1.82 bits per heavy atom. The zero-order chi connectivity index (χ0) is 24.3. The summed E-state index contributed by atoms with van der Waals surface area (Å²) < 4.78 is 26.8. The minimum atomic E-state index is -3.84. The Bertz CT molecular complexity index is 1170. The molecule has 0 bridgehead atoms. The number of para-hydroxylation sites is 1. The maximum atomic E-state index is 12.0. The van der Waals surface area contributed by atoms with Gasteiger partial charge in [0.05, 0.1) is 0 Å². The van der Waals surface area contributed by atoms with Gasteiger partial charge in [0, 0.05) is 17.0 Å². The third-order valence-electron chi connectivity index (χ3n) is 7.71. The van der Waals surface area contributed by atoms with Crippen LogP contribution >= 0.6 is 0 Å². The number of hydrogen-bond donors (Lipinski definition) is 3. The Morgan fingerprint density at radius 3 is 2.50 bits per heavy atom. The van der Waals surface area contributed by atoms with Gasteiger partial charge in [-0.25, -0.2) is 5.14 Å². The van der Waals surface area contributed by atoms with Crippen molar-refractivity contribution in [2.75, 3.05) is 0 Å². The van der Waals surface area contributed by atoms with Crippen LogP contribution in [0.15, 0.2) is 66.7 Å². The zero-order valence-corrected chi connectivity index (χ0v) is 20.8. The van der Waals surface area contributed by atoms with Gasteiger partial charge in [-0.1, -0.05) is 86.9 Å². The number of nitrogens with one attached hydrogen (secondary N) is 1. The van der Waals surface area contributed by atoms with Crippen molar-refractivity contribution in [1.82, 2.24) is 4.72 Å². The number of unbranched alkanes of at least 4 members (excludes halogenated alkanes) is 3. The number of fused-ring (bicyclic) bond motifs is 1. The molecule has 0 radical (unpaired) electrons. The minimum absolute atomic E-state index is 0.00527. The van der Waals surface area contributed by atoms with Crippen LogP contribution in [0.5, 0.6) is 5.75 Å². The summed E-state index contributed by atoms with van der Waals surface area (Å²) in [6, 6.07) is 17.4. The van der Waals surface area contributed by atoms with Gasteiger partial charge in [0.15, 0.2) is 0 Å². The van der Waals surface area contributed by atoms with Gasteiger partial charge in [-0.2, -0.15) is 13.1 Å². The van der Waals surface area contributed by atoms with Crippen LogP contribution in [0.1, 0.15) is 69.4 Å². The van der Waals surface area contributed by atoms with E-state index in [9.17, 15) is 13.5 Å². The molecule has 0 amide bonds. The van der Waals surface area contributed by atoms with Crippen molar-refractivity contribution in [2.24, 2.45) is 16.5 Å². The third kappa shape index (κ3) is 4.72. The predicted molar refractivity (Wildman–Crippen MR) is 139 cm³/mol. The lowest BCUT2D eigenvalue weighted by atomic mass is 9.66. The van der Waals surface area contributed by atoms with Gasteiger partial charge in [0.1, 0.15) is 5.75 Å². The second kappa shape index (κ2) is 10.1. The number of phenols is 1. The molecule has 6 heteroatoms. The Hall–Kier alpha value is -2.41. The van der Waals surface area contributed by atoms with E-state index in [1.165, 1.54) is 30.4 Å². The second-order valence-corrected chi connectivity index (χ2v) is 11.1. The van der Waals surface area contributed by atoms with E-state index >= 15 is 0 Å². The lowest BCUT2D eigenvalue weighted by Gasteiger charge is -2.37. The Labute approximate surface area is 204 Å². The molecule has 2 aromatic carbocycles. The molecule has 0 saturated heterocycles. The number of allylic oxidation sites excluding steroid dienone is 3. The van der Waals surface area contributed by atoms with Crippen LogP contribution in [-0.4, -0.2) is 19.6 Å². The van der Waals surface area contributed by atoms with Crippen molar-refractivity contribution in [3.8, 4) is 5.75 Å². The quantitative estimate of drug-likeness (QED) is 0.376. The molecule has 4 rings (SSSR count). The van der Waals surface area contributed by atoms with Crippen molar-refractivity contribution in [3.63, 3.8) is 0 Å². The number of hydrogen-bond acceptors (Lipinski definition) is 3. The SMILES string of the molecule is C=C(c1ccccc1O)C12CCC(NS(N)(=O)=O)C1CC(CCCCCC)=C2c1ccccc1. The molecule has 1 fully saturated rings. The summed E-state index contributed by atoms with van der Waals surface area (Å²) in [5, 5.41) is 16.2. The summed E-state index contributed by atoms with van der Waals surface area (Å²) in [4.78, 5) is 0. The van der Waals surface area contributed by atoms with Gasteiger partial charge >= 0.3 is 0 Å². The van der Waals surface area contributed by atoms with Crippen molar-refractivity contribution < 1.29 is 13.5 Å². The molecule has 182 valence electrons. The van der Waals surface area contributed by atoms with Gasteiger partial charge in [-0.3, -0.25) is 0 Å². The average Bonchev–Trinajstić information content (AvgIpc) is 3.31. The lowest BCUT2D eigenvalue weighted by Crippen LogP contribution is -2.43. The van der Waals surface area contributed by atoms with Crippen LogP contribution in [0.4, 0.5) is 0 Å². The topological polar surface area (TPSA) is 92.4 Å². The van der Waals surface area contributed by atoms with Crippen LogP contribution in [0, 0.1) is 11.3 Å². The van der Waals surface area contributed by atoms with E-state index in [4.69, 9.17) is 5.14 Å². The largest absolute Gasteiger partial charge is 0.507 e. The number of benzene rings is 2. The highest BCUT2D eigenvalue weighted by atomic mass is 32.2. The summed E-state index contributed by atoms with van der Waals surface area (Å²) in [5.41, 5.74) is 4.92. The Morgan fingerprint density at radius 1 is 1.12 bits per heavy atom. The van der Waals surface area contributed by atoms with Crippen LogP contribution in [0.2, 0.25) is 0 Å². The number of phenolic OH excluding ortho intramolecular Hbond substituents is 1. The number of nitrogens with two attached hydrogens (primary N) is 1. The van der Waals surface area contributed by atoms with E-state index in [0.717, 1.165) is 42.4 Å². The van der Waals surface area contributed by atoms with Crippen LogP contribution in [-0.2, 0) is 10.2 Å². The van der Waals surface area contributed by atoms with Crippen LogP contribution in [0.25, 0.3) is 11.1 Å². The first-order chi connectivity index (χ1) is 16.3. The smallest absolute Gasteiger partial charge is 0.274 e. The Kier molecular flexibility index (Phi) is 7.31. The molecule has 34 heavy (non-hydrogen) atoms. The molecule has 2 aliphatic carbocycles. The van der Waals surface area contributed by atoms with Crippen LogP contribution < -0.4 is 9.86 Å². The monoisotopic (exact) mass is 480 g/mol. The maximum Gasteiger partial charge on any atom is 0.274 e. The maximum absolute atomic E-state index is 12.0. The first kappa shape index (κ1) is 24.7. The van der Waals surface area contributed by atoms with E-state index in [2.05, 4.69) is 42.5 Å². The van der Waals surface area contributed by atoms with Gasteiger partial charge < -0.3 is 5.11 Å². The minimum Gasteiger partial charge on any atom is -0.507 e. The van der Waals surface area contributed by atoms with Gasteiger partial charge in [0.2, 0.25) is 0 Å². The van der Waals surface area contributed by atoms with Gasteiger partial charge in [-0.15, -0.1) is 0 Å². The van der Waals surface area contributed by atoms with Crippen molar-refractivity contribution >= 4 is 21.4 Å². The van der Waals surface area contributed by atoms with E-state index in [-0.39, 0.29) is 17.7 Å². The lowest BCUT2D eigenvalue weighted by molar-refractivity contribution is 0.359. The normalized spacial score (nSPS) is 24.4. The molecule has 0 aromatic heterocycles. The first-order valence-corrected chi connectivity index (χ1v) is 13.9. The average molecular weight is 481 g/mol. The number of aromatic hydroxyl groups is 1. The van der Waals surface area contributed by atoms with E-state index in [0.29, 0.717) is 6.42 Å². The molecule has 5 nitrogen and oxygen atoms in total. The van der Waals surface area contributed by atoms with E-state index in [1.54, 1.807) is 6.07 Å². The van der Waals surface area contributed by atoms with Crippen LogP contribution in [0.3, 0.4) is 0 Å². The number of rotatable bonds is 10. The fraction of sp³-hybridized carbons (Fsp3) is 0.429. The molecule has 2 aliphatic rings. The highest BCUT2D eigenvalue weighted by Crippen LogP contribution is 2.66. The predicted octanol–water partition coefficient (Wildman–Crippen LogP) is 5.79. The molecular formula is C28H36N2O3S. The van der Waals surface area contributed by atoms with E-state index < -0.39 is 15.6 Å². The Balaban J connectivity index is 1.85. The third-order valence-corrected chi connectivity index (χ3v) is 8.34. The summed E-state index contributed by atoms with van der Waals surface area (Å²) in [5.74, 6) is 0.196. The fourth-order valence-electron chi connectivity index (χ4n) is 6.33. The fourth-order valence-corrected chi connectivity index (χ4v) is 7.03. The van der Waals surface area contributed by atoms with Crippen molar-refractivity contribution in [2.45, 2.75) is 64.3 Å².